The molecule has 2 heterocycles. The molecule has 0 radical (unpaired) electrons. The van der Waals surface area contributed by atoms with Crippen molar-refractivity contribution in [3.8, 4) is 5.75 Å². The lowest BCUT2D eigenvalue weighted by atomic mass is 9.68. The summed E-state index contributed by atoms with van der Waals surface area (Å²) in [6.45, 7) is 15.7. The molecule has 1 aromatic carbocycles. The van der Waals surface area contributed by atoms with Crippen molar-refractivity contribution in [2.75, 3.05) is 46.9 Å². The van der Waals surface area contributed by atoms with Crippen LogP contribution in [0.25, 0.3) is 10.9 Å². The zero-order chi connectivity index (χ0) is 25.0. The number of ether oxygens (including phenoxy) is 1. The topological polar surface area (TPSA) is 49.7 Å². The fourth-order valence-electron chi connectivity index (χ4n) is 7.62. The minimum Gasteiger partial charge on any atom is -0.495 e. The SMILES string of the molecule is COc1cccc2c(C(=O)NC3C4(C)CCC(C4)C3(C)C)c(C)n(CCCN3CCN(C)CC3)c12. The number of aromatic nitrogens is 1. The summed E-state index contributed by atoms with van der Waals surface area (Å²) >= 11 is 0. The van der Waals surface area contributed by atoms with E-state index < -0.39 is 0 Å². The minimum atomic E-state index is 0.0745. The third kappa shape index (κ3) is 4.17. The maximum atomic E-state index is 13.9. The second kappa shape index (κ2) is 9.11. The summed E-state index contributed by atoms with van der Waals surface area (Å²) < 4.78 is 8.10. The van der Waals surface area contributed by atoms with Gasteiger partial charge in [0.25, 0.3) is 5.91 Å². The molecule has 0 spiro atoms. The maximum absolute atomic E-state index is 13.9. The Bertz CT molecular complexity index is 1090. The summed E-state index contributed by atoms with van der Waals surface area (Å²) in [6, 6.07) is 6.32. The number of aryl methyl sites for hydroxylation is 1. The zero-order valence-electron chi connectivity index (χ0n) is 22.6. The van der Waals surface area contributed by atoms with Gasteiger partial charge in [-0.2, -0.15) is 0 Å². The molecule has 2 aromatic rings. The molecule has 2 saturated carbocycles. The number of nitrogens with one attached hydrogen (secondary N) is 1. The van der Waals surface area contributed by atoms with E-state index in [0.29, 0.717) is 5.92 Å². The van der Waals surface area contributed by atoms with E-state index in [1.807, 2.05) is 12.1 Å². The van der Waals surface area contributed by atoms with Crippen molar-refractivity contribution >= 4 is 16.8 Å². The fraction of sp³-hybridized carbons (Fsp3) is 0.690. The summed E-state index contributed by atoms with van der Waals surface area (Å²) in [5, 5.41) is 4.55. The number of carbonyl (C=O) groups is 1. The monoisotopic (exact) mass is 480 g/mol. The second-order valence-electron chi connectivity index (χ2n) is 12.3. The van der Waals surface area contributed by atoms with E-state index in [4.69, 9.17) is 4.74 Å². The van der Waals surface area contributed by atoms with Gasteiger partial charge in [-0.15, -0.1) is 0 Å². The molecular formula is C29H44N4O2. The number of para-hydroxylation sites is 1. The Labute approximate surface area is 211 Å². The highest BCUT2D eigenvalue weighted by Gasteiger charge is 2.59. The number of benzene rings is 1. The number of nitrogens with zero attached hydrogens (tertiary/aromatic N) is 3. The molecule has 1 N–H and O–H groups in total. The van der Waals surface area contributed by atoms with Crippen molar-refractivity contribution in [2.45, 2.75) is 66.0 Å². The van der Waals surface area contributed by atoms with Crippen LogP contribution in [0.15, 0.2) is 18.2 Å². The van der Waals surface area contributed by atoms with Gasteiger partial charge in [-0.1, -0.05) is 32.9 Å². The Morgan fingerprint density at radius 2 is 1.89 bits per heavy atom. The standard InChI is InChI=1S/C29H44N4O2/c1-20-24(26(34)30-27-28(2,3)21-11-12-29(27,4)19-21)22-9-7-10-23(35-6)25(22)33(20)14-8-13-32-17-15-31(5)16-18-32/h7,9-10,21,27H,8,11-19H2,1-6H3,(H,30,34). The first-order chi connectivity index (χ1) is 16.7. The van der Waals surface area contributed by atoms with Crippen molar-refractivity contribution in [3.63, 3.8) is 0 Å². The molecule has 1 amide bonds. The molecule has 1 saturated heterocycles. The van der Waals surface area contributed by atoms with E-state index in [1.165, 1.54) is 19.3 Å². The summed E-state index contributed by atoms with van der Waals surface area (Å²) in [6.07, 6.45) is 4.79. The molecule has 6 heteroatoms. The van der Waals surface area contributed by atoms with Gasteiger partial charge in [0.05, 0.1) is 18.2 Å². The lowest BCUT2D eigenvalue weighted by molar-refractivity contribution is 0.0738. The van der Waals surface area contributed by atoms with E-state index in [-0.39, 0.29) is 22.8 Å². The van der Waals surface area contributed by atoms with Crippen molar-refractivity contribution in [1.82, 2.24) is 19.7 Å². The van der Waals surface area contributed by atoms with E-state index in [9.17, 15) is 4.79 Å². The van der Waals surface area contributed by atoms with Crippen LogP contribution < -0.4 is 10.1 Å². The number of carbonyl (C=O) groups excluding carboxylic acids is 1. The number of fused-ring (bicyclic) bond motifs is 3. The van der Waals surface area contributed by atoms with E-state index in [1.54, 1.807) is 7.11 Å². The summed E-state index contributed by atoms with van der Waals surface area (Å²) in [5.41, 5.74) is 3.26. The Morgan fingerprint density at radius 1 is 1.14 bits per heavy atom. The van der Waals surface area contributed by atoms with E-state index in [2.05, 4.69) is 60.5 Å². The summed E-state index contributed by atoms with van der Waals surface area (Å²) in [7, 11) is 3.92. The van der Waals surface area contributed by atoms with Gasteiger partial charge >= 0.3 is 0 Å². The van der Waals surface area contributed by atoms with Crippen LogP contribution in [0.2, 0.25) is 0 Å². The number of amides is 1. The quantitative estimate of drug-likeness (QED) is 0.632. The van der Waals surface area contributed by atoms with E-state index in [0.717, 1.165) is 73.6 Å². The highest BCUT2D eigenvalue weighted by molar-refractivity contribution is 6.09. The first-order valence-electron chi connectivity index (χ1n) is 13.5. The molecule has 1 aromatic heterocycles. The van der Waals surface area contributed by atoms with Crippen LogP contribution in [0.5, 0.6) is 5.75 Å². The fourth-order valence-corrected chi connectivity index (χ4v) is 7.62. The zero-order valence-corrected chi connectivity index (χ0v) is 22.6. The van der Waals surface area contributed by atoms with Gasteiger partial charge < -0.3 is 24.4 Å². The Morgan fingerprint density at radius 3 is 2.54 bits per heavy atom. The molecule has 3 atom stereocenters. The van der Waals surface area contributed by atoms with Crippen LogP contribution in [0.4, 0.5) is 0 Å². The van der Waals surface area contributed by atoms with Crippen molar-refractivity contribution < 1.29 is 9.53 Å². The van der Waals surface area contributed by atoms with Crippen molar-refractivity contribution in [1.29, 1.82) is 0 Å². The Hall–Kier alpha value is -2.05. The molecule has 35 heavy (non-hydrogen) atoms. The minimum absolute atomic E-state index is 0.0745. The first kappa shape index (κ1) is 24.6. The maximum Gasteiger partial charge on any atom is 0.253 e. The Kier molecular flexibility index (Phi) is 6.41. The van der Waals surface area contributed by atoms with E-state index >= 15 is 0 Å². The number of likely N-dealkylation sites (N-methyl/N-ethyl adjacent to an activating group) is 1. The average Bonchev–Trinajstić information content (AvgIpc) is 3.42. The predicted octanol–water partition coefficient (Wildman–Crippen LogP) is 4.54. The normalized spacial score (nSPS) is 28.6. The lowest BCUT2D eigenvalue weighted by Crippen LogP contribution is -2.52. The predicted molar refractivity (Wildman–Crippen MR) is 142 cm³/mol. The first-order valence-corrected chi connectivity index (χ1v) is 13.5. The van der Waals surface area contributed by atoms with Gasteiger partial charge in [0.1, 0.15) is 5.75 Å². The largest absolute Gasteiger partial charge is 0.495 e. The number of hydrogen-bond donors (Lipinski definition) is 1. The van der Waals surface area contributed by atoms with Gasteiger partial charge in [-0.25, -0.2) is 0 Å². The molecule has 3 fully saturated rings. The van der Waals surface area contributed by atoms with Crippen molar-refractivity contribution in [3.05, 3.63) is 29.5 Å². The second-order valence-corrected chi connectivity index (χ2v) is 12.3. The van der Waals surface area contributed by atoms with Gasteiger partial charge in [-0.3, -0.25) is 4.79 Å². The van der Waals surface area contributed by atoms with Gasteiger partial charge in [0.15, 0.2) is 0 Å². The van der Waals surface area contributed by atoms with Crippen LogP contribution >= 0.6 is 0 Å². The Balaban J connectivity index is 1.41. The highest BCUT2D eigenvalue weighted by atomic mass is 16.5. The van der Waals surface area contributed by atoms with Crippen molar-refractivity contribution in [2.24, 2.45) is 16.7 Å². The van der Waals surface area contributed by atoms with Crippen LogP contribution in [0.1, 0.15) is 62.5 Å². The molecule has 2 bridgehead atoms. The van der Waals surface area contributed by atoms with Crippen LogP contribution in [-0.2, 0) is 6.54 Å². The molecule has 3 aliphatic rings. The molecule has 3 unspecified atom stereocenters. The third-order valence-corrected chi connectivity index (χ3v) is 9.75. The molecular weight excluding hydrogens is 436 g/mol. The summed E-state index contributed by atoms with van der Waals surface area (Å²) in [4.78, 5) is 18.9. The lowest BCUT2D eigenvalue weighted by Gasteiger charge is -2.43. The van der Waals surface area contributed by atoms with Gasteiger partial charge in [0.2, 0.25) is 0 Å². The highest BCUT2D eigenvalue weighted by Crippen LogP contribution is 2.62. The molecule has 2 aliphatic carbocycles. The molecule has 1 aliphatic heterocycles. The number of hydrogen-bond acceptors (Lipinski definition) is 4. The van der Waals surface area contributed by atoms with Crippen LogP contribution in [-0.4, -0.2) is 73.2 Å². The van der Waals surface area contributed by atoms with Crippen LogP contribution in [0.3, 0.4) is 0 Å². The molecule has 6 nitrogen and oxygen atoms in total. The van der Waals surface area contributed by atoms with Crippen LogP contribution in [0, 0.1) is 23.7 Å². The average molecular weight is 481 g/mol. The van der Waals surface area contributed by atoms with Gasteiger partial charge in [-0.05, 0) is 69.0 Å². The molecule has 5 rings (SSSR count). The molecule has 192 valence electrons. The summed E-state index contributed by atoms with van der Waals surface area (Å²) in [5.74, 6) is 1.62. The third-order valence-electron chi connectivity index (χ3n) is 9.75. The number of methoxy groups -OCH3 is 1. The smallest absolute Gasteiger partial charge is 0.253 e. The number of rotatable bonds is 7. The number of piperazine rings is 1. The van der Waals surface area contributed by atoms with Gasteiger partial charge in [0, 0.05) is 49.8 Å².